The maximum atomic E-state index is 11.6. The fourth-order valence-electron chi connectivity index (χ4n) is 2.18. The van der Waals surface area contributed by atoms with Crippen LogP contribution in [0.2, 0.25) is 0 Å². The van der Waals surface area contributed by atoms with E-state index in [0.29, 0.717) is 11.4 Å². The molecule has 0 fully saturated rings. The lowest BCUT2D eigenvalue weighted by Gasteiger charge is -2.04. The quantitative estimate of drug-likeness (QED) is 0.659. The van der Waals surface area contributed by atoms with Gasteiger partial charge in [-0.1, -0.05) is 12.1 Å². The van der Waals surface area contributed by atoms with E-state index in [4.69, 9.17) is 0 Å². The largest absolute Gasteiger partial charge is 0.327 e. The molecule has 0 N–H and O–H groups in total. The molecule has 0 radical (unpaired) electrons. The van der Waals surface area contributed by atoms with Gasteiger partial charge in [0, 0.05) is 18.9 Å². The van der Waals surface area contributed by atoms with E-state index in [2.05, 4.69) is 26.8 Å². The Morgan fingerprint density at radius 2 is 1.80 bits per heavy atom. The maximum absolute atomic E-state index is 11.6. The first kappa shape index (κ1) is 16.9. The van der Waals surface area contributed by atoms with E-state index in [1.54, 1.807) is 43.0 Å². The summed E-state index contributed by atoms with van der Waals surface area (Å²) in [5, 5.41) is 0. The zero-order valence-electron chi connectivity index (χ0n) is 14.1. The van der Waals surface area contributed by atoms with Crippen LogP contribution in [0.5, 0.6) is 0 Å². The Hall–Kier alpha value is -2.98. The maximum Gasteiger partial charge on any atom is 0.175 e. The van der Waals surface area contributed by atoms with E-state index < -0.39 is 9.84 Å². The number of hydrogen-bond acceptors (Lipinski definition) is 5. The summed E-state index contributed by atoms with van der Waals surface area (Å²) in [6.45, 7) is 1.84. The van der Waals surface area contributed by atoms with Crippen LogP contribution in [0.4, 0.5) is 0 Å². The number of aromatic nitrogens is 4. The molecule has 0 aliphatic heterocycles. The van der Waals surface area contributed by atoms with Gasteiger partial charge in [-0.2, -0.15) is 0 Å². The standard InChI is InChI=1S/C18H16N4O2S/c1-13-17(9-6-15-10-19-12-22(15)2)21-18(11-20-13)14-4-7-16(8-5-14)25(3,23)24/h4-5,7-8,10-12H,1-3H3. The highest BCUT2D eigenvalue weighted by Crippen LogP contribution is 2.20. The Morgan fingerprint density at radius 1 is 1.08 bits per heavy atom. The molecule has 0 spiro atoms. The molecular formula is C18H16N4O2S. The second-order valence-corrected chi connectivity index (χ2v) is 7.64. The molecule has 0 atom stereocenters. The molecule has 0 amide bonds. The third-order valence-electron chi connectivity index (χ3n) is 3.66. The van der Waals surface area contributed by atoms with Crippen molar-refractivity contribution in [3.63, 3.8) is 0 Å². The molecule has 6 nitrogen and oxygen atoms in total. The number of hydrogen-bond donors (Lipinski definition) is 0. The molecule has 126 valence electrons. The number of sulfone groups is 1. The molecule has 0 bridgehead atoms. The van der Waals surface area contributed by atoms with Gasteiger partial charge >= 0.3 is 0 Å². The predicted molar refractivity (Wildman–Crippen MR) is 94.5 cm³/mol. The van der Waals surface area contributed by atoms with Gasteiger partial charge in [0.25, 0.3) is 0 Å². The summed E-state index contributed by atoms with van der Waals surface area (Å²) in [6, 6.07) is 6.56. The average Bonchev–Trinajstić information content (AvgIpc) is 2.98. The van der Waals surface area contributed by atoms with Crippen molar-refractivity contribution in [2.75, 3.05) is 6.26 Å². The third kappa shape index (κ3) is 3.75. The van der Waals surface area contributed by atoms with Crippen LogP contribution in [0.3, 0.4) is 0 Å². The molecule has 0 aliphatic carbocycles. The van der Waals surface area contributed by atoms with Crippen LogP contribution in [0.25, 0.3) is 11.3 Å². The minimum absolute atomic E-state index is 0.271. The minimum atomic E-state index is -3.22. The van der Waals surface area contributed by atoms with Crippen molar-refractivity contribution in [3.8, 4) is 23.1 Å². The summed E-state index contributed by atoms with van der Waals surface area (Å²) in [5.41, 5.74) is 3.50. The van der Waals surface area contributed by atoms with Gasteiger partial charge in [-0.3, -0.25) is 4.98 Å². The van der Waals surface area contributed by atoms with Crippen molar-refractivity contribution in [2.24, 2.45) is 7.05 Å². The van der Waals surface area contributed by atoms with E-state index in [-0.39, 0.29) is 4.90 Å². The molecule has 25 heavy (non-hydrogen) atoms. The molecule has 2 heterocycles. The van der Waals surface area contributed by atoms with Crippen LogP contribution in [-0.2, 0) is 16.9 Å². The summed E-state index contributed by atoms with van der Waals surface area (Å²) < 4.78 is 24.9. The topological polar surface area (TPSA) is 77.7 Å². The van der Waals surface area contributed by atoms with Crippen molar-refractivity contribution >= 4 is 9.84 Å². The highest BCUT2D eigenvalue weighted by Gasteiger charge is 2.09. The van der Waals surface area contributed by atoms with Crippen LogP contribution >= 0.6 is 0 Å². The first-order valence-corrected chi connectivity index (χ1v) is 9.36. The average molecular weight is 352 g/mol. The Balaban J connectivity index is 1.97. The van der Waals surface area contributed by atoms with Crippen LogP contribution in [0, 0.1) is 18.8 Å². The third-order valence-corrected chi connectivity index (χ3v) is 4.79. The monoisotopic (exact) mass is 352 g/mol. The predicted octanol–water partition coefficient (Wildman–Crippen LogP) is 1.99. The Kier molecular flexibility index (Phi) is 4.38. The Morgan fingerprint density at radius 3 is 2.40 bits per heavy atom. The first-order chi connectivity index (χ1) is 11.8. The van der Waals surface area contributed by atoms with Gasteiger partial charge in [0.2, 0.25) is 0 Å². The normalized spacial score (nSPS) is 11.0. The van der Waals surface area contributed by atoms with E-state index in [1.807, 2.05) is 18.5 Å². The van der Waals surface area contributed by atoms with Crippen molar-refractivity contribution in [3.05, 3.63) is 60.1 Å². The van der Waals surface area contributed by atoms with Crippen molar-refractivity contribution in [1.82, 2.24) is 19.5 Å². The summed E-state index contributed by atoms with van der Waals surface area (Å²) >= 11 is 0. The molecule has 0 aliphatic rings. The van der Waals surface area contributed by atoms with E-state index in [9.17, 15) is 8.42 Å². The second-order valence-electron chi connectivity index (χ2n) is 5.63. The molecule has 0 saturated carbocycles. The van der Waals surface area contributed by atoms with Crippen LogP contribution < -0.4 is 0 Å². The van der Waals surface area contributed by atoms with E-state index in [1.165, 1.54) is 6.26 Å². The van der Waals surface area contributed by atoms with Gasteiger partial charge < -0.3 is 4.57 Å². The highest BCUT2D eigenvalue weighted by atomic mass is 32.2. The van der Waals surface area contributed by atoms with Crippen molar-refractivity contribution in [1.29, 1.82) is 0 Å². The molecule has 3 rings (SSSR count). The summed E-state index contributed by atoms with van der Waals surface area (Å²) in [6.07, 6.45) is 6.20. The van der Waals surface area contributed by atoms with Gasteiger partial charge in [0.05, 0.1) is 35.0 Å². The molecule has 2 aromatic heterocycles. The zero-order chi connectivity index (χ0) is 18.0. The van der Waals surface area contributed by atoms with Crippen molar-refractivity contribution < 1.29 is 8.42 Å². The van der Waals surface area contributed by atoms with Crippen molar-refractivity contribution in [2.45, 2.75) is 11.8 Å². The minimum Gasteiger partial charge on any atom is -0.327 e. The van der Waals surface area contributed by atoms with Gasteiger partial charge in [0.15, 0.2) is 9.84 Å². The number of rotatable bonds is 2. The fourth-order valence-corrected chi connectivity index (χ4v) is 2.81. The first-order valence-electron chi connectivity index (χ1n) is 7.47. The van der Waals surface area contributed by atoms with Crippen LogP contribution in [0.15, 0.2) is 47.9 Å². The summed E-state index contributed by atoms with van der Waals surface area (Å²) in [5.74, 6) is 6.05. The molecule has 0 unspecified atom stereocenters. The number of nitrogens with zero attached hydrogens (tertiary/aromatic N) is 4. The number of aryl methyl sites for hydroxylation is 2. The SMILES string of the molecule is Cc1ncc(-c2ccc(S(C)(=O)=O)cc2)nc1C#Cc1cncn1C. The molecular weight excluding hydrogens is 336 g/mol. The molecule has 3 aromatic rings. The summed E-state index contributed by atoms with van der Waals surface area (Å²) in [7, 11) is -1.35. The fraction of sp³-hybridized carbons (Fsp3) is 0.167. The lowest BCUT2D eigenvalue weighted by Crippen LogP contribution is -1.98. The molecule has 7 heteroatoms. The van der Waals surface area contributed by atoms with Gasteiger partial charge in [-0.15, -0.1) is 0 Å². The van der Waals surface area contributed by atoms with Crippen LogP contribution in [-0.4, -0.2) is 34.2 Å². The summed E-state index contributed by atoms with van der Waals surface area (Å²) in [4.78, 5) is 13.2. The second kappa shape index (κ2) is 6.49. The van der Waals surface area contributed by atoms with E-state index >= 15 is 0 Å². The van der Waals surface area contributed by atoms with Gasteiger partial charge in [-0.05, 0) is 30.9 Å². The van der Waals surface area contributed by atoms with Gasteiger partial charge in [-0.25, -0.2) is 18.4 Å². The smallest absolute Gasteiger partial charge is 0.175 e. The Bertz CT molecular complexity index is 1090. The molecule has 1 aromatic carbocycles. The molecule has 0 saturated heterocycles. The Labute approximate surface area is 146 Å². The van der Waals surface area contributed by atoms with E-state index in [0.717, 1.165) is 17.0 Å². The van der Waals surface area contributed by atoms with Crippen LogP contribution in [0.1, 0.15) is 17.1 Å². The highest BCUT2D eigenvalue weighted by molar-refractivity contribution is 7.90. The lowest BCUT2D eigenvalue weighted by molar-refractivity contribution is 0.602. The lowest BCUT2D eigenvalue weighted by atomic mass is 10.1. The zero-order valence-corrected chi connectivity index (χ0v) is 14.9. The number of benzene rings is 1. The van der Waals surface area contributed by atoms with Gasteiger partial charge in [0.1, 0.15) is 11.4 Å². The number of imidazole rings is 1.